The Bertz CT molecular complexity index is 2370. The second-order valence-electron chi connectivity index (χ2n) is 18.0. The van der Waals surface area contributed by atoms with Crippen LogP contribution in [0, 0.1) is 0 Å². The topological polar surface area (TPSA) is 320 Å². The lowest BCUT2D eigenvalue weighted by Crippen LogP contribution is -2.53. The van der Waals surface area contributed by atoms with E-state index in [9.17, 15) is 58.8 Å². The van der Waals surface area contributed by atoms with Crippen LogP contribution in [0.1, 0.15) is 136 Å². The summed E-state index contributed by atoms with van der Waals surface area (Å²) in [5, 5.41) is 65.7. The molecule has 4 aromatic carbocycles. The summed E-state index contributed by atoms with van der Waals surface area (Å²) >= 11 is 0. The smallest absolute Gasteiger partial charge is 0.255 e. The van der Waals surface area contributed by atoms with Gasteiger partial charge in [-0.15, -0.1) is 0 Å². The third kappa shape index (κ3) is 15.6. The molecule has 22 heteroatoms. The first-order valence-corrected chi connectivity index (χ1v) is 25.1. The van der Waals surface area contributed by atoms with Crippen molar-refractivity contribution in [1.82, 2.24) is 52.3 Å². The summed E-state index contributed by atoms with van der Waals surface area (Å²) in [5.41, 5.74) is -0.880. The van der Waals surface area contributed by atoms with E-state index < -0.39 is 94.4 Å². The monoisotopic (exact) mass is 1050 g/mol. The van der Waals surface area contributed by atoms with E-state index in [0.29, 0.717) is 25.7 Å². The molecular weight excluding hydrogens is 981 g/mol. The Morgan fingerprint density at radius 3 is 0.671 bits per heavy atom. The van der Waals surface area contributed by atoms with Crippen LogP contribution in [-0.2, 0) is 0 Å². The molecule has 4 aromatic rings. The molecule has 0 saturated heterocycles. The molecule has 8 amide bonds. The van der Waals surface area contributed by atoms with Crippen molar-refractivity contribution in [1.29, 1.82) is 0 Å². The normalized spacial score (nSPS) is 12.6. The van der Waals surface area contributed by atoms with Gasteiger partial charge in [-0.25, -0.2) is 0 Å². The fourth-order valence-electron chi connectivity index (χ4n) is 8.38. The lowest BCUT2D eigenvalue weighted by Gasteiger charge is -2.35. The van der Waals surface area contributed by atoms with E-state index in [2.05, 4.69) is 42.5 Å². The number of benzene rings is 4. The lowest BCUT2D eigenvalue weighted by molar-refractivity contribution is 0.0862. The van der Waals surface area contributed by atoms with Gasteiger partial charge in [0.05, 0.1) is 44.5 Å². The van der Waals surface area contributed by atoms with Gasteiger partial charge in [0, 0.05) is 91.6 Å². The van der Waals surface area contributed by atoms with Gasteiger partial charge < -0.3 is 63.0 Å². The molecule has 0 fully saturated rings. The number of nitrogens with one attached hydrogen (secondary N) is 8. The highest BCUT2D eigenvalue weighted by Gasteiger charge is 2.28. The number of aromatic hydroxyl groups is 4. The first-order chi connectivity index (χ1) is 36.3. The molecule has 22 nitrogen and oxygen atoms in total. The quantitative estimate of drug-likeness (QED) is 0.0409. The van der Waals surface area contributed by atoms with E-state index in [1.54, 1.807) is 0 Å². The molecule has 0 saturated carbocycles. The molecule has 0 spiro atoms. The summed E-state index contributed by atoms with van der Waals surface area (Å²) in [5.74, 6) is -6.96. The maximum absolute atomic E-state index is 13.8. The molecule has 0 aliphatic carbocycles. The van der Waals surface area contributed by atoms with Crippen molar-refractivity contribution in [3.8, 4) is 23.0 Å². The minimum Gasteiger partial charge on any atom is -0.506 e. The number of carbonyl (C=O) groups is 8. The highest BCUT2D eigenvalue weighted by atomic mass is 16.3. The van der Waals surface area contributed by atoms with Crippen LogP contribution in [0.2, 0.25) is 0 Å². The average molecular weight is 1050 g/mol. The highest BCUT2D eigenvalue weighted by Crippen LogP contribution is 2.26. The molecule has 0 aliphatic heterocycles. The average Bonchev–Trinajstić information content (AvgIpc) is 3.42. The molecule has 0 heterocycles. The van der Waals surface area contributed by atoms with Crippen molar-refractivity contribution >= 4 is 47.3 Å². The third-order valence-electron chi connectivity index (χ3n) is 13.0. The zero-order valence-electron chi connectivity index (χ0n) is 44.3. The third-order valence-corrected chi connectivity index (χ3v) is 13.0. The Hall–Kier alpha value is -8.24. The first-order valence-electron chi connectivity index (χ1n) is 25.1. The second kappa shape index (κ2) is 29.0. The van der Waals surface area contributed by atoms with E-state index in [1.165, 1.54) is 101 Å². The number of rotatable bonds is 27. The molecule has 4 atom stereocenters. The SMILES string of the molecule is CC[C@H](CN(CCN(C[C@@H](CC)NC(=O)c1cccc(C(=O)NC)c1O)C[C@@H](CC)NC(=O)c1cccc(C(=O)NC)c1O)C[C@@H](CC)NC(=O)c1cccc(C(=O)NC)c1O)NC(=O)c1cccc(C(=O)NC)c1O. The minimum absolute atomic E-state index is 0.0927. The van der Waals surface area contributed by atoms with Gasteiger partial charge in [0.15, 0.2) is 0 Å². The predicted octanol–water partition coefficient (Wildman–Crippen LogP) is 2.69. The Morgan fingerprint density at radius 1 is 0.342 bits per heavy atom. The number of hydrogen-bond donors (Lipinski definition) is 12. The number of phenolic OH excluding ortho intramolecular Hbond substituents is 4. The van der Waals surface area contributed by atoms with Gasteiger partial charge in [0.25, 0.3) is 47.3 Å². The van der Waals surface area contributed by atoms with Crippen molar-refractivity contribution in [3.63, 3.8) is 0 Å². The molecule has 4 rings (SSSR count). The predicted molar refractivity (Wildman–Crippen MR) is 285 cm³/mol. The van der Waals surface area contributed by atoms with Crippen molar-refractivity contribution < 1.29 is 58.8 Å². The highest BCUT2D eigenvalue weighted by molar-refractivity contribution is 6.06. The van der Waals surface area contributed by atoms with Gasteiger partial charge in [-0.2, -0.15) is 0 Å². The van der Waals surface area contributed by atoms with E-state index in [1.807, 2.05) is 37.5 Å². The molecular formula is C54H72N10O12. The number of nitrogens with zero attached hydrogens (tertiary/aromatic N) is 2. The van der Waals surface area contributed by atoms with Gasteiger partial charge in [0.1, 0.15) is 23.0 Å². The van der Waals surface area contributed by atoms with E-state index in [-0.39, 0.29) is 83.8 Å². The van der Waals surface area contributed by atoms with Crippen LogP contribution < -0.4 is 42.5 Å². The molecule has 12 N–H and O–H groups in total. The van der Waals surface area contributed by atoms with E-state index in [4.69, 9.17) is 0 Å². The summed E-state index contributed by atoms with van der Waals surface area (Å²) in [6.45, 7) is 8.61. The van der Waals surface area contributed by atoms with Crippen LogP contribution in [0.4, 0.5) is 0 Å². The van der Waals surface area contributed by atoms with Crippen LogP contribution in [0.15, 0.2) is 72.8 Å². The second-order valence-corrected chi connectivity index (χ2v) is 18.0. The van der Waals surface area contributed by atoms with E-state index >= 15 is 0 Å². The number of amides is 8. The minimum atomic E-state index is -0.648. The van der Waals surface area contributed by atoms with Crippen LogP contribution >= 0.6 is 0 Å². The number of carbonyl (C=O) groups excluding carboxylic acids is 8. The summed E-state index contributed by atoms with van der Waals surface area (Å²) in [6, 6.07) is 14.7. The van der Waals surface area contributed by atoms with Gasteiger partial charge in [-0.1, -0.05) is 52.0 Å². The maximum Gasteiger partial charge on any atom is 0.255 e. The summed E-state index contributed by atoms with van der Waals surface area (Å²) < 4.78 is 0. The van der Waals surface area contributed by atoms with Crippen molar-refractivity contribution in [2.45, 2.75) is 77.5 Å². The van der Waals surface area contributed by atoms with Gasteiger partial charge >= 0.3 is 0 Å². The fourth-order valence-corrected chi connectivity index (χ4v) is 8.38. The van der Waals surface area contributed by atoms with Crippen molar-refractivity contribution in [2.24, 2.45) is 0 Å². The van der Waals surface area contributed by atoms with Gasteiger partial charge in [-0.05, 0) is 74.2 Å². The molecule has 0 radical (unpaired) electrons. The number of hydrogen-bond acceptors (Lipinski definition) is 14. The van der Waals surface area contributed by atoms with Crippen LogP contribution in [-0.4, -0.2) is 169 Å². The zero-order valence-corrected chi connectivity index (χ0v) is 44.3. The fraction of sp³-hybridized carbons (Fsp3) is 0.407. The Morgan fingerprint density at radius 2 is 0.513 bits per heavy atom. The van der Waals surface area contributed by atoms with E-state index in [0.717, 1.165) is 0 Å². The standard InChI is InChI=1S/C54H72N10O12/c1-9-31(59-51(73)39-21-13-17-35(43(39)65)47(69)55-5)27-63(28-32(10-2)60-52(74)40-22-14-18-36(44(40)66)48(70)56-6)25-26-64(29-33(11-3)61-53(75)41-23-15-19-37(45(41)67)49(71)57-7)30-34(12-4)62-54(76)42-24-16-20-38(46(42)68)50(72)58-8/h13-24,31-34,65-68H,9-12,25-30H2,1-8H3,(H,55,69)(H,56,70)(H,57,71)(H,58,72)(H,59,73)(H,60,74)(H,61,75)(H,62,76)/t31-,32-,33-,34-/m1/s1. The molecule has 0 aromatic heterocycles. The molecule has 76 heavy (non-hydrogen) atoms. The first kappa shape index (κ1) is 60.3. The summed E-state index contributed by atoms with van der Waals surface area (Å²) in [7, 11) is 5.59. The largest absolute Gasteiger partial charge is 0.506 e. The zero-order chi connectivity index (χ0) is 56.2. The number of para-hydroxylation sites is 4. The molecule has 0 bridgehead atoms. The molecule has 0 aliphatic rings. The van der Waals surface area contributed by atoms with Crippen LogP contribution in [0.25, 0.3) is 0 Å². The van der Waals surface area contributed by atoms with Crippen molar-refractivity contribution in [3.05, 3.63) is 117 Å². The summed E-state index contributed by atoms with van der Waals surface area (Å²) in [4.78, 5) is 109. The number of phenols is 4. The van der Waals surface area contributed by atoms with Gasteiger partial charge in [0.2, 0.25) is 0 Å². The summed E-state index contributed by atoms with van der Waals surface area (Å²) in [6.07, 6.45) is 1.56. The molecule has 410 valence electrons. The Labute approximate surface area is 442 Å². The molecule has 0 unspecified atom stereocenters. The van der Waals surface area contributed by atoms with Crippen LogP contribution in [0.3, 0.4) is 0 Å². The maximum atomic E-state index is 13.8. The van der Waals surface area contributed by atoms with Crippen molar-refractivity contribution in [2.75, 3.05) is 67.5 Å². The Balaban J connectivity index is 1.73. The lowest BCUT2D eigenvalue weighted by atomic mass is 10.1. The van der Waals surface area contributed by atoms with Gasteiger partial charge in [-0.3, -0.25) is 48.2 Å². The van der Waals surface area contributed by atoms with Crippen LogP contribution in [0.5, 0.6) is 23.0 Å². The Kier molecular flexibility index (Phi) is 23.0.